The fraction of sp³-hybridized carbons (Fsp3) is 1.00. The SMILES string of the molecule is CCCCCCCCCCCCCPC.Cl. The molecule has 0 aliphatic carbocycles. The Morgan fingerprint density at radius 3 is 1.38 bits per heavy atom. The molecule has 0 aliphatic heterocycles. The average molecular weight is 267 g/mol. The number of hydrogen-bond donors (Lipinski definition) is 0. The van der Waals surface area contributed by atoms with Gasteiger partial charge in [0.05, 0.1) is 0 Å². The molecular weight excluding hydrogens is 235 g/mol. The third-order valence-electron chi connectivity index (χ3n) is 3.03. The highest BCUT2D eigenvalue weighted by atomic mass is 35.5. The van der Waals surface area contributed by atoms with E-state index in [1.165, 1.54) is 85.4 Å². The smallest absolute Gasteiger partial charge is 0.0356 e. The summed E-state index contributed by atoms with van der Waals surface area (Å²) in [5.74, 6) is 0. The van der Waals surface area contributed by atoms with Crippen LogP contribution in [0.4, 0.5) is 0 Å². The molecule has 0 heterocycles. The summed E-state index contributed by atoms with van der Waals surface area (Å²) < 4.78 is 0. The van der Waals surface area contributed by atoms with Crippen molar-refractivity contribution in [2.45, 2.75) is 77.6 Å². The lowest BCUT2D eigenvalue weighted by atomic mass is 10.1. The third-order valence-corrected chi connectivity index (χ3v) is 3.88. The number of rotatable bonds is 12. The summed E-state index contributed by atoms with van der Waals surface area (Å²) in [6.07, 6.45) is 17.6. The zero-order valence-corrected chi connectivity index (χ0v) is 13.2. The first-order valence-corrected chi connectivity index (χ1v) is 8.77. The van der Waals surface area contributed by atoms with Crippen LogP contribution in [0.3, 0.4) is 0 Å². The van der Waals surface area contributed by atoms with E-state index in [4.69, 9.17) is 0 Å². The first-order valence-electron chi connectivity index (χ1n) is 7.06. The van der Waals surface area contributed by atoms with Crippen molar-refractivity contribution in [3.8, 4) is 0 Å². The van der Waals surface area contributed by atoms with Crippen LogP contribution >= 0.6 is 21.0 Å². The van der Waals surface area contributed by atoms with Gasteiger partial charge in [0.25, 0.3) is 0 Å². The lowest BCUT2D eigenvalue weighted by Gasteiger charge is -2.01. The Kier molecular flexibility index (Phi) is 21.6. The molecule has 0 radical (unpaired) electrons. The summed E-state index contributed by atoms with van der Waals surface area (Å²) in [5, 5.41) is 0. The molecule has 100 valence electrons. The maximum Gasteiger partial charge on any atom is -0.0356 e. The maximum absolute atomic E-state index is 2.32. The average Bonchev–Trinajstić information content (AvgIpc) is 2.26. The van der Waals surface area contributed by atoms with Gasteiger partial charge in [0.2, 0.25) is 0 Å². The molecule has 2 heteroatoms. The second kappa shape index (κ2) is 18.1. The summed E-state index contributed by atoms with van der Waals surface area (Å²) in [6.45, 7) is 4.60. The van der Waals surface area contributed by atoms with Crippen LogP contribution in [0.15, 0.2) is 0 Å². The molecule has 0 aromatic heterocycles. The van der Waals surface area contributed by atoms with Gasteiger partial charge in [0.15, 0.2) is 0 Å². The topological polar surface area (TPSA) is 0 Å². The number of unbranched alkanes of at least 4 members (excludes halogenated alkanes) is 10. The fourth-order valence-electron chi connectivity index (χ4n) is 1.97. The van der Waals surface area contributed by atoms with Crippen LogP contribution in [0, 0.1) is 0 Å². The van der Waals surface area contributed by atoms with Gasteiger partial charge in [0, 0.05) is 0 Å². The molecule has 0 N–H and O–H groups in total. The molecule has 1 atom stereocenters. The fourth-order valence-corrected chi connectivity index (χ4v) is 2.57. The lowest BCUT2D eigenvalue weighted by molar-refractivity contribution is 0.555. The van der Waals surface area contributed by atoms with Crippen LogP contribution < -0.4 is 0 Å². The van der Waals surface area contributed by atoms with Crippen molar-refractivity contribution in [1.82, 2.24) is 0 Å². The zero-order chi connectivity index (χ0) is 11.2. The van der Waals surface area contributed by atoms with Gasteiger partial charge in [-0.25, -0.2) is 0 Å². The van der Waals surface area contributed by atoms with Crippen LogP contribution in [-0.2, 0) is 0 Å². The van der Waals surface area contributed by atoms with Crippen LogP contribution in [0.25, 0.3) is 0 Å². The monoisotopic (exact) mass is 266 g/mol. The van der Waals surface area contributed by atoms with Crippen molar-refractivity contribution in [1.29, 1.82) is 0 Å². The molecule has 1 unspecified atom stereocenters. The van der Waals surface area contributed by atoms with Crippen molar-refractivity contribution < 1.29 is 0 Å². The van der Waals surface area contributed by atoms with Gasteiger partial charge in [-0.3, -0.25) is 0 Å². The standard InChI is InChI=1S/C14H31P.ClH/c1-3-4-5-6-7-8-9-10-11-12-13-14-15-2;/h15H,3-14H2,1-2H3;1H. The van der Waals surface area contributed by atoms with Crippen LogP contribution in [-0.4, -0.2) is 12.8 Å². The molecule has 0 bridgehead atoms. The largest absolute Gasteiger partial charge is 0.147 e. The minimum absolute atomic E-state index is 0. The van der Waals surface area contributed by atoms with Crippen LogP contribution in [0.5, 0.6) is 0 Å². The van der Waals surface area contributed by atoms with Crippen molar-refractivity contribution in [3.05, 3.63) is 0 Å². The Hall–Kier alpha value is 0.720. The molecule has 0 fully saturated rings. The molecule has 16 heavy (non-hydrogen) atoms. The lowest BCUT2D eigenvalue weighted by Crippen LogP contribution is -1.82. The van der Waals surface area contributed by atoms with Gasteiger partial charge in [-0.05, 0) is 19.2 Å². The van der Waals surface area contributed by atoms with Crippen molar-refractivity contribution in [2.75, 3.05) is 12.8 Å². The van der Waals surface area contributed by atoms with E-state index in [1.807, 2.05) is 0 Å². The second-order valence-corrected chi connectivity index (χ2v) is 5.85. The van der Waals surface area contributed by atoms with E-state index in [0.717, 1.165) is 0 Å². The molecule has 0 amide bonds. The first kappa shape index (κ1) is 19.1. The Morgan fingerprint density at radius 2 is 1.00 bits per heavy atom. The Labute approximate surface area is 112 Å². The van der Waals surface area contributed by atoms with E-state index < -0.39 is 0 Å². The van der Waals surface area contributed by atoms with Gasteiger partial charge in [-0.2, -0.15) is 0 Å². The highest BCUT2D eigenvalue weighted by molar-refractivity contribution is 7.36. The van der Waals surface area contributed by atoms with Gasteiger partial charge in [0.1, 0.15) is 0 Å². The van der Waals surface area contributed by atoms with E-state index in [1.54, 1.807) is 0 Å². The van der Waals surface area contributed by atoms with Crippen LogP contribution in [0.2, 0.25) is 0 Å². The summed E-state index contributed by atoms with van der Waals surface area (Å²) in [4.78, 5) is 0. The molecule has 0 aromatic carbocycles. The van der Waals surface area contributed by atoms with Crippen LogP contribution in [0.1, 0.15) is 77.6 Å². The summed E-state index contributed by atoms with van der Waals surface area (Å²) >= 11 is 0. The van der Waals surface area contributed by atoms with Crippen molar-refractivity contribution in [3.63, 3.8) is 0 Å². The molecule has 0 aromatic rings. The predicted molar refractivity (Wildman–Crippen MR) is 82.8 cm³/mol. The quantitative estimate of drug-likeness (QED) is 0.299. The van der Waals surface area contributed by atoms with E-state index in [9.17, 15) is 0 Å². The van der Waals surface area contributed by atoms with E-state index in [2.05, 4.69) is 13.6 Å². The summed E-state index contributed by atoms with van der Waals surface area (Å²) in [5.41, 5.74) is 0. The second-order valence-electron chi connectivity index (χ2n) is 4.64. The predicted octanol–water partition coefficient (Wildman–Crippen LogP) is 6.03. The molecular formula is C14H32ClP. The first-order chi connectivity index (χ1) is 7.41. The molecule has 0 spiro atoms. The molecule has 0 saturated carbocycles. The summed E-state index contributed by atoms with van der Waals surface area (Å²) in [7, 11) is 1.17. The Balaban J connectivity index is 0. The zero-order valence-electron chi connectivity index (χ0n) is 11.4. The minimum atomic E-state index is 0. The Morgan fingerprint density at radius 1 is 0.625 bits per heavy atom. The maximum atomic E-state index is 2.32. The van der Waals surface area contributed by atoms with Crippen molar-refractivity contribution in [2.24, 2.45) is 0 Å². The molecule has 0 aliphatic rings. The summed E-state index contributed by atoms with van der Waals surface area (Å²) in [6, 6.07) is 0. The van der Waals surface area contributed by atoms with Crippen molar-refractivity contribution >= 4 is 21.0 Å². The molecule has 0 rings (SSSR count). The molecule has 0 nitrogen and oxygen atoms in total. The third kappa shape index (κ3) is 17.1. The number of halogens is 1. The highest BCUT2D eigenvalue weighted by Crippen LogP contribution is 2.13. The van der Waals surface area contributed by atoms with Gasteiger partial charge in [-0.15, -0.1) is 21.0 Å². The molecule has 0 saturated heterocycles. The van der Waals surface area contributed by atoms with E-state index in [0.29, 0.717) is 0 Å². The van der Waals surface area contributed by atoms with E-state index in [-0.39, 0.29) is 12.4 Å². The van der Waals surface area contributed by atoms with Gasteiger partial charge >= 0.3 is 0 Å². The van der Waals surface area contributed by atoms with Gasteiger partial charge in [-0.1, -0.05) is 71.1 Å². The minimum Gasteiger partial charge on any atom is -0.147 e. The normalized spacial score (nSPS) is 10.9. The highest BCUT2D eigenvalue weighted by Gasteiger charge is 1.92. The van der Waals surface area contributed by atoms with Gasteiger partial charge < -0.3 is 0 Å². The Bertz CT molecular complexity index is 94.9. The van der Waals surface area contributed by atoms with E-state index >= 15 is 0 Å². The number of hydrogen-bond acceptors (Lipinski definition) is 0.